The normalized spacial score (nSPS) is 14.7. The summed E-state index contributed by atoms with van der Waals surface area (Å²) in [4.78, 5) is 8.12. The van der Waals surface area contributed by atoms with Crippen molar-refractivity contribution in [2.75, 3.05) is 7.11 Å². The number of rotatable bonds is 3. The van der Waals surface area contributed by atoms with Crippen LogP contribution in [0.2, 0.25) is 0 Å². The Bertz CT molecular complexity index is 762. The van der Waals surface area contributed by atoms with Crippen molar-refractivity contribution in [2.45, 2.75) is 18.8 Å². The van der Waals surface area contributed by atoms with Crippen LogP contribution in [0.3, 0.4) is 0 Å². The summed E-state index contributed by atoms with van der Waals surface area (Å²) >= 11 is 0. The van der Waals surface area contributed by atoms with Crippen molar-refractivity contribution in [3.05, 3.63) is 42.7 Å². The quantitative estimate of drug-likeness (QED) is 0.731. The maximum Gasteiger partial charge on any atom is 0.145 e. The molecule has 1 saturated carbocycles. The van der Waals surface area contributed by atoms with Gasteiger partial charge in [-0.25, -0.2) is 14.5 Å². The maximum absolute atomic E-state index is 5.56. The number of nitrogens with zero attached hydrogens (tertiary/aromatic N) is 4. The van der Waals surface area contributed by atoms with Gasteiger partial charge in [-0.3, -0.25) is 0 Å². The lowest BCUT2D eigenvalue weighted by Gasteiger charge is -2.08. The first-order chi connectivity index (χ1) is 9.86. The highest BCUT2D eigenvalue weighted by Crippen LogP contribution is 2.44. The van der Waals surface area contributed by atoms with E-state index in [-0.39, 0.29) is 0 Å². The average Bonchev–Trinajstić information content (AvgIpc) is 3.26. The number of fused-ring (bicyclic) bond motifs is 1. The van der Waals surface area contributed by atoms with E-state index in [4.69, 9.17) is 4.74 Å². The Kier molecular flexibility index (Phi) is 2.45. The second-order valence-corrected chi connectivity index (χ2v) is 5.09. The van der Waals surface area contributed by atoms with Crippen LogP contribution in [-0.2, 0) is 0 Å². The van der Waals surface area contributed by atoms with E-state index < -0.39 is 0 Å². The van der Waals surface area contributed by atoms with E-state index in [0.29, 0.717) is 5.92 Å². The monoisotopic (exact) mass is 266 g/mol. The summed E-state index contributed by atoms with van der Waals surface area (Å²) in [5, 5.41) is 4.47. The van der Waals surface area contributed by atoms with Gasteiger partial charge in [-0.2, -0.15) is 5.10 Å². The summed E-state index contributed by atoms with van der Waals surface area (Å²) in [7, 11) is 1.70. The van der Waals surface area contributed by atoms with Crippen LogP contribution < -0.4 is 4.74 Å². The van der Waals surface area contributed by atoms with E-state index in [1.807, 2.05) is 23.0 Å². The highest BCUT2D eigenvalue weighted by Gasteiger charge is 2.28. The molecule has 0 aromatic carbocycles. The minimum Gasteiger partial charge on any atom is -0.494 e. The van der Waals surface area contributed by atoms with E-state index in [2.05, 4.69) is 15.1 Å². The van der Waals surface area contributed by atoms with Gasteiger partial charge in [-0.1, -0.05) is 0 Å². The summed E-state index contributed by atoms with van der Waals surface area (Å²) in [6.45, 7) is 0. The largest absolute Gasteiger partial charge is 0.494 e. The Balaban J connectivity index is 1.93. The van der Waals surface area contributed by atoms with Crippen LogP contribution in [0.25, 0.3) is 16.6 Å². The minimum absolute atomic E-state index is 0.646. The first-order valence-electron chi connectivity index (χ1n) is 6.67. The van der Waals surface area contributed by atoms with Gasteiger partial charge in [0.1, 0.15) is 17.6 Å². The second-order valence-electron chi connectivity index (χ2n) is 5.09. The summed E-state index contributed by atoms with van der Waals surface area (Å²) in [6, 6.07) is 2.03. The topological polar surface area (TPSA) is 52.3 Å². The fourth-order valence-corrected chi connectivity index (χ4v) is 2.56. The van der Waals surface area contributed by atoms with E-state index in [1.165, 1.54) is 24.7 Å². The van der Waals surface area contributed by atoms with E-state index in [9.17, 15) is 0 Å². The fourth-order valence-electron chi connectivity index (χ4n) is 2.56. The van der Waals surface area contributed by atoms with E-state index >= 15 is 0 Å². The van der Waals surface area contributed by atoms with Crippen LogP contribution in [-0.4, -0.2) is 26.7 Å². The molecule has 20 heavy (non-hydrogen) atoms. The van der Waals surface area contributed by atoms with Crippen molar-refractivity contribution >= 4 is 5.52 Å². The molecule has 1 fully saturated rings. The van der Waals surface area contributed by atoms with Crippen molar-refractivity contribution in [1.29, 1.82) is 0 Å². The molecular weight excluding hydrogens is 252 g/mol. The Labute approximate surface area is 116 Å². The van der Waals surface area contributed by atoms with Crippen molar-refractivity contribution in [3.8, 4) is 16.9 Å². The van der Waals surface area contributed by atoms with Gasteiger partial charge < -0.3 is 4.74 Å². The Morgan fingerprint density at radius 2 is 1.95 bits per heavy atom. The number of methoxy groups -OCH3 is 1. The average molecular weight is 266 g/mol. The molecule has 3 heterocycles. The highest BCUT2D eigenvalue weighted by molar-refractivity contribution is 5.73. The molecule has 0 unspecified atom stereocenters. The maximum atomic E-state index is 5.56. The first-order valence-corrected chi connectivity index (χ1v) is 6.67. The summed E-state index contributed by atoms with van der Waals surface area (Å²) in [6.07, 6.45) is 11.6. The van der Waals surface area contributed by atoms with Crippen LogP contribution in [0.15, 0.2) is 37.2 Å². The zero-order chi connectivity index (χ0) is 13.5. The summed E-state index contributed by atoms with van der Waals surface area (Å²) < 4.78 is 7.46. The Morgan fingerprint density at radius 1 is 1.15 bits per heavy atom. The van der Waals surface area contributed by atoms with Crippen molar-refractivity contribution < 1.29 is 4.74 Å². The number of ether oxygens (including phenoxy) is 1. The van der Waals surface area contributed by atoms with Crippen molar-refractivity contribution in [2.24, 2.45) is 0 Å². The number of pyridine rings is 1. The Morgan fingerprint density at radius 3 is 2.65 bits per heavy atom. The van der Waals surface area contributed by atoms with Crippen LogP contribution in [0, 0.1) is 0 Å². The number of hydrogen-bond acceptors (Lipinski definition) is 4. The third-order valence-electron chi connectivity index (χ3n) is 3.74. The smallest absolute Gasteiger partial charge is 0.145 e. The third kappa shape index (κ3) is 1.74. The summed E-state index contributed by atoms with van der Waals surface area (Å²) in [5.74, 6) is 1.50. The van der Waals surface area contributed by atoms with Crippen molar-refractivity contribution in [1.82, 2.24) is 19.6 Å². The zero-order valence-corrected chi connectivity index (χ0v) is 11.2. The van der Waals surface area contributed by atoms with Crippen LogP contribution in [0.4, 0.5) is 0 Å². The predicted octanol–water partition coefficient (Wildman–Crippen LogP) is 2.68. The number of hydrogen-bond donors (Lipinski definition) is 0. The van der Waals surface area contributed by atoms with Gasteiger partial charge in [0, 0.05) is 35.3 Å². The van der Waals surface area contributed by atoms with Gasteiger partial charge in [0.05, 0.1) is 13.3 Å². The van der Waals surface area contributed by atoms with Crippen LogP contribution in [0.1, 0.15) is 24.3 Å². The molecule has 3 aromatic rings. The molecule has 0 atom stereocenters. The molecule has 3 aromatic heterocycles. The Hall–Kier alpha value is -2.43. The molecule has 0 spiro atoms. The van der Waals surface area contributed by atoms with Gasteiger partial charge in [0.2, 0.25) is 0 Å². The molecule has 0 saturated heterocycles. The number of aromatic nitrogens is 4. The molecule has 1 aliphatic carbocycles. The van der Waals surface area contributed by atoms with Gasteiger partial charge in [0.25, 0.3) is 0 Å². The van der Waals surface area contributed by atoms with Crippen LogP contribution in [0.5, 0.6) is 5.75 Å². The predicted molar refractivity (Wildman–Crippen MR) is 74.7 cm³/mol. The van der Waals surface area contributed by atoms with Crippen LogP contribution >= 0.6 is 0 Å². The molecule has 0 radical (unpaired) electrons. The molecular formula is C15H14N4O. The van der Waals surface area contributed by atoms with E-state index in [0.717, 1.165) is 22.4 Å². The first kappa shape index (κ1) is 11.4. The molecule has 0 amide bonds. The standard InChI is InChI=1S/C15H14N4O/c1-20-14-4-11(12-5-16-9-17-6-12)8-19-15(14)13(7-18-19)10-2-3-10/h4-10H,2-3H2,1H3. The molecule has 5 nitrogen and oxygen atoms in total. The van der Waals surface area contributed by atoms with Gasteiger partial charge in [0.15, 0.2) is 0 Å². The van der Waals surface area contributed by atoms with Gasteiger partial charge in [-0.05, 0) is 24.8 Å². The lowest BCUT2D eigenvalue weighted by atomic mass is 10.1. The second kappa shape index (κ2) is 4.30. The van der Waals surface area contributed by atoms with Gasteiger partial charge in [-0.15, -0.1) is 0 Å². The minimum atomic E-state index is 0.646. The van der Waals surface area contributed by atoms with Gasteiger partial charge >= 0.3 is 0 Å². The molecule has 0 N–H and O–H groups in total. The highest BCUT2D eigenvalue weighted by atomic mass is 16.5. The van der Waals surface area contributed by atoms with Crippen molar-refractivity contribution in [3.63, 3.8) is 0 Å². The molecule has 0 aliphatic heterocycles. The third-order valence-corrected chi connectivity index (χ3v) is 3.74. The fraction of sp³-hybridized carbons (Fsp3) is 0.267. The lowest BCUT2D eigenvalue weighted by molar-refractivity contribution is 0.417. The molecule has 1 aliphatic rings. The zero-order valence-electron chi connectivity index (χ0n) is 11.2. The lowest BCUT2D eigenvalue weighted by Crippen LogP contribution is -1.95. The van der Waals surface area contributed by atoms with E-state index in [1.54, 1.807) is 19.5 Å². The molecule has 5 heteroatoms. The molecule has 4 rings (SSSR count). The molecule has 0 bridgehead atoms. The SMILES string of the molecule is COc1cc(-c2cncnc2)cn2ncc(C3CC3)c12. The molecule has 100 valence electrons. The summed E-state index contributed by atoms with van der Waals surface area (Å²) in [5.41, 5.74) is 4.32.